The SMILES string of the molecule is Cc1cccc(N(C)c2cccc(C(=O)O)c2[N+](=O)[O-])c1. The van der Waals surface area contributed by atoms with Crippen LogP contribution < -0.4 is 4.90 Å². The van der Waals surface area contributed by atoms with Crippen molar-refractivity contribution in [3.8, 4) is 0 Å². The topological polar surface area (TPSA) is 83.7 Å². The largest absolute Gasteiger partial charge is 0.477 e. The molecule has 2 aromatic carbocycles. The Morgan fingerprint density at radius 1 is 1.24 bits per heavy atom. The van der Waals surface area contributed by atoms with Gasteiger partial charge in [-0.2, -0.15) is 0 Å². The number of nitrogens with zero attached hydrogens (tertiary/aromatic N) is 2. The highest BCUT2D eigenvalue weighted by atomic mass is 16.6. The van der Waals surface area contributed by atoms with E-state index in [1.165, 1.54) is 18.2 Å². The quantitative estimate of drug-likeness (QED) is 0.688. The summed E-state index contributed by atoms with van der Waals surface area (Å²) in [5, 5.41) is 20.4. The predicted octanol–water partition coefficient (Wildman–Crippen LogP) is 3.37. The summed E-state index contributed by atoms with van der Waals surface area (Å²) in [6.45, 7) is 1.92. The Balaban J connectivity index is 2.60. The Bertz CT molecular complexity index is 713. The maximum absolute atomic E-state index is 11.3. The molecule has 2 rings (SSSR count). The van der Waals surface area contributed by atoms with Crippen LogP contribution in [0.1, 0.15) is 15.9 Å². The fourth-order valence-corrected chi connectivity index (χ4v) is 2.14. The Morgan fingerprint density at radius 3 is 2.48 bits per heavy atom. The second kappa shape index (κ2) is 5.62. The van der Waals surface area contributed by atoms with Gasteiger partial charge in [-0.1, -0.05) is 18.2 Å². The van der Waals surface area contributed by atoms with Gasteiger partial charge in [-0.05, 0) is 36.8 Å². The molecule has 2 aromatic rings. The van der Waals surface area contributed by atoms with E-state index in [-0.39, 0.29) is 11.3 Å². The maximum atomic E-state index is 11.3. The standard InChI is InChI=1S/C15H14N2O4/c1-10-5-3-6-11(9-10)16(2)13-8-4-7-12(15(18)19)14(13)17(20)21/h3-9H,1-2H3,(H,18,19). The Kier molecular flexibility index (Phi) is 3.89. The smallest absolute Gasteiger partial charge is 0.342 e. The van der Waals surface area contributed by atoms with Crippen molar-refractivity contribution in [2.45, 2.75) is 6.92 Å². The van der Waals surface area contributed by atoms with Gasteiger partial charge in [0.15, 0.2) is 0 Å². The number of carboxylic acids is 1. The zero-order valence-electron chi connectivity index (χ0n) is 11.6. The van der Waals surface area contributed by atoms with Gasteiger partial charge < -0.3 is 10.0 Å². The van der Waals surface area contributed by atoms with Crippen LogP contribution >= 0.6 is 0 Å². The molecular formula is C15H14N2O4. The van der Waals surface area contributed by atoms with Crippen molar-refractivity contribution in [3.05, 3.63) is 63.7 Å². The minimum absolute atomic E-state index is 0.241. The van der Waals surface area contributed by atoms with E-state index in [1.54, 1.807) is 11.9 Å². The monoisotopic (exact) mass is 286 g/mol. The minimum atomic E-state index is -1.32. The summed E-state index contributed by atoms with van der Waals surface area (Å²) in [6.07, 6.45) is 0. The number of benzene rings is 2. The lowest BCUT2D eigenvalue weighted by atomic mass is 10.1. The highest BCUT2D eigenvalue weighted by Crippen LogP contribution is 2.35. The highest BCUT2D eigenvalue weighted by molar-refractivity contribution is 5.96. The van der Waals surface area contributed by atoms with Crippen molar-refractivity contribution in [3.63, 3.8) is 0 Å². The first-order valence-corrected chi connectivity index (χ1v) is 6.23. The number of anilines is 2. The number of hydrogen-bond acceptors (Lipinski definition) is 4. The third-order valence-corrected chi connectivity index (χ3v) is 3.18. The van der Waals surface area contributed by atoms with Gasteiger partial charge in [0.25, 0.3) is 0 Å². The molecule has 0 bridgehead atoms. The molecule has 6 nitrogen and oxygen atoms in total. The van der Waals surface area contributed by atoms with Gasteiger partial charge in [-0.15, -0.1) is 0 Å². The van der Waals surface area contributed by atoms with Crippen LogP contribution in [0.4, 0.5) is 17.1 Å². The molecule has 0 aromatic heterocycles. The zero-order chi connectivity index (χ0) is 15.6. The van der Waals surface area contributed by atoms with E-state index >= 15 is 0 Å². The Labute approximate surface area is 121 Å². The molecule has 0 saturated heterocycles. The average Bonchev–Trinajstić information content (AvgIpc) is 2.45. The predicted molar refractivity (Wildman–Crippen MR) is 79.3 cm³/mol. The molecule has 0 aliphatic carbocycles. The minimum Gasteiger partial charge on any atom is -0.477 e. The number of hydrogen-bond donors (Lipinski definition) is 1. The second-order valence-electron chi connectivity index (χ2n) is 4.63. The number of nitro groups is 1. The number of para-hydroxylation sites is 1. The molecule has 6 heteroatoms. The van der Waals surface area contributed by atoms with E-state index in [0.717, 1.165) is 11.3 Å². The molecule has 21 heavy (non-hydrogen) atoms. The third kappa shape index (κ3) is 2.84. The number of carbonyl (C=O) groups is 1. The summed E-state index contributed by atoms with van der Waals surface area (Å²) in [5.74, 6) is -1.32. The molecule has 0 fully saturated rings. The van der Waals surface area contributed by atoms with Crippen LogP contribution in [0.3, 0.4) is 0 Å². The Morgan fingerprint density at radius 2 is 1.90 bits per heavy atom. The lowest BCUT2D eigenvalue weighted by Crippen LogP contribution is -2.14. The van der Waals surface area contributed by atoms with Gasteiger partial charge in [0.05, 0.1) is 4.92 Å². The first-order valence-electron chi connectivity index (χ1n) is 6.23. The van der Waals surface area contributed by atoms with Crippen molar-refractivity contribution in [2.75, 3.05) is 11.9 Å². The van der Waals surface area contributed by atoms with Gasteiger partial charge in [0, 0.05) is 12.7 Å². The number of aromatic carboxylic acids is 1. The van der Waals surface area contributed by atoms with E-state index in [0.29, 0.717) is 0 Å². The summed E-state index contributed by atoms with van der Waals surface area (Å²) in [7, 11) is 1.67. The first-order chi connectivity index (χ1) is 9.91. The number of rotatable bonds is 4. The normalized spacial score (nSPS) is 10.2. The van der Waals surface area contributed by atoms with Crippen molar-refractivity contribution in [1.82, 2.24) is 0 Å². The maximum Gasteiger partial charge on any atom is 0.342 e. The van der Waals surface area contributed by atoms with Gasteiger partial charge in [-0.3, -0.25) is 10.1 Å². The fraction of sp³-hybridized carbons (Fsp3) is 0.133. The van der Waals surface area contributed by atoms with E-state index in [2.05, 4.69) is 0 Å². The van der Waals surface area contributed by atoms with Crippen molar-refractivity contribution < 1.29 is 14.8 Å². The van der Waals surface area contributed by atoms with Crippen LogP contribution in [-0.2, 0) is 0 Å². The van der Waals surface area contributed by atoms with E-state index in [4.69, 9.17) is 5.11 Å². The molecule has 0 unspecified atom stereocenters. The molecule has 0 aliphatic rings. The summed E-state index contributed by atoms with van der Waals surface area (Å²) in [4.78, 5) is 23.4. The van der Waals surface area contributed by atoms with Gasteiger partial charge in [0.2, 0.25) is 0 Å². The fourth-order valence-electron chi connectivity index (χ4n) is 2.14. The van der Waals surface area contributed by atoms with Crippen LogP contribution in [0.15, 0.2) is 42.5 Å². The Hall–Kier alpha value is -2.89. The second-order valence-corrected chi connectivity index (χ2v) is 4.63. The average molecular weight is 286 g/mol. The molecule has 0 aliphatic heterocycles. The molecule has 0 spiro atoms. The highest BCUT2D eigenvalue weighted by Gasteiger charge is 2.26. The zero-order valence-corrected chi connectivity index (χ0v) is 11.6. The molecule has 0 amide bonds. The van der Waals surface area contributed by atoms with Crippen LogP contribution in [-0.4, -0.2) is 23.0 Å². The van der Waals surface area contributed by atoms with Gasteiger partial charge in [-0.25, -0.2) is 4.79 Å². The van der Waals surface area contributed by atoms with Crippen molar-refractivity contribution >= 4 is 23.0 Å². The van der Waals surface area contributed by atoms with Crippen LogP contribution in [0, 0.1) is 17.0 Å². The molecule has 0 atom stereocenters. The number of carboxylic acid groups (broad SMARTS) is 1. The first kappa shape index (κ1) is 14.5. The third-order valence-electron chi connectivity index (χ3n) is 3.18. The van der Waals surface area contributed by atoms with E-state index in [1.807, 2.05) is 31.2 Å². The van der Waals surface area contributed by atoms with Crippen LogP contribution in [0.25, 0.3) is 0 Å². The van der Waals surface area contributed by atoms with E-state index in [9.17, 15) is 14.9 Å². The molecule has 108 valence electrons. The molecule has 0 saturated carbocycles. The molecular weight excluding hydrogens is 272 g/mol. The number of nitro benzene ring substituents is 1. The molecule has 0 radical (unpaired) electrons. The lowest BCUT2D eigenvalue weighted by Gasteiger charge is -2.20. The molecule has 0 heterocycles. The molecule has 1 N–H and O–H groups in total. The van der Waals surface area contributed by atoms with Crippen LogP contribution in [0.5, 0.6) is 0 Å². The lowest BCUT2D eigenvalue weighted by molar-refractivity contribution is -0.384. The number of aryl methyl sites for hydroxylation is 1. The summed E-state index contributed by atoms with van der Waals surface area (Å²) >= 11 is 0. The van der Waals surface area contributed by atoms with Gasteiger partial charge >= 0.3 is 11.7 Å². The van der Waals surface area contributed by atoms with Crippen molar-refractivity contribution in [1.29, 1.82) is 0 Å². The summed E-state index contributed by atoms with van der Waals surface area (Å²) in [6, 6.07) is 11.7. The van der Waals surface area contributed by atoms with Crippen molar-refractivity contribution in [2.24, 2.45) is 0 Å². The van der Waals surface area contributed by atoms with Crippen LogP contribution in [0.2, 0.25) is 0 Å². The van der Waals surface area contributed by atoms with Gasteiger partial charge in [0.1, 0.15) is 11.3 Å². The van der Waals surface area contributed by atoms with E-state index < -0.39 is 16.6 Å². The summed E-state index contributed by atoms with van der Waals surface area (Å²) in [5.41, 5.74) is 1.27. The summed E-state index contributed by atoms with van der Waals surface area (Å²) < 4.78 is 0.